The van der Waals surface area contributed by atoms with E-state index in [4.69, 9.17) is 15.2 Å². The third-order valence-corrected chi connectivity index (χ3v) is 4.90. The third kappa shape index (κ3) is 2.71. The molecule has 0 radical (unpaired) electrons. The Morgan fingerprint density at radius 3 is 3.00 bits per heavy atom. The first kappa shape index (κ1) is 18.3. The number of esters is 1. The molecular formula is C17H19N5O6. The number of aliphatic hydroxyl groups is 2. The fourth-order valence-electron chi connectivity index (χ4n) is 3.52. The van der Waals surface area contributed by atoms with E-state index in [0.29, 0.717) is 16.6 Å². The van der Waals surface area contributed by atoms with Gasteiger partial charge in [-0.2, -0.15) is 4.98 Å². The number of nitrogens with two attached hydrogens (primary N) is 1. The molecule has 0 aliphatic carbocycles. The van der Waals surface area contributed by atoms with E-state index in [1.54, 1.807) is 6.20 Å². The quantitative estimate of drug-likeness (QED) is 0.513. The summed E-state index contributed by atoms with van der Waals surface area (Å²) in [5, 5.41) is 25.2. The second kappa shape index (κ2) is 6.26. The average molecular weight is 389 g/mol. The molecule has 0 saturated carbocycles. The normalized spacial score (nSPS) is 28.4. The zero-order valence-electron chi connectivity index (χ0n) is 15.1. The van der Waals surface area contributed by atoms with Gasteiger partial charge in [0.05, 0.1) is 11.7 Å². The number of aromatic nitrogens is 2. The van der Waals surface area contributed by atoms with Crippen molar-refractivity contribution in [2.45, 2.75) is 37.9 Å². The van der Waals surface area contributed by atoms with Crippen LogP contribution in [0.15, 0.2) is 22.1 Å². The Bertz CT molecular complexity index is 1060. The topological polar surface area (TPSA) is 161 Å². The third-order valence-electron chi connectivity index (χ3n) is 4.90. The highest BCUT2D eigenvalue weighted by molar-refractivity contribution is 6.10. The van der Waals surface area contributed by atoms with Gasteiger partial charge in [0.1, 0.15) is 36.1 Å². The summed E-state index contributed by atoms with van der Waals surface area (Å²) in [6.07, 6.45) is -0.377. The molecule has 28 heavy (non-hydrogen) atoms. The molecule has 4 heterocycles. The maximum Gasteiger partial charge on any atom is 0.302 e. The second-order valence-corrected chi connectivity index (χ2v) is 6.95. The number of aliphatic hydroxyl groups excluding tert-OH is 1. The number of ether oxygens (including phenoxy) is 2. The zero-order chi connectivity index (χ0) is 20.2. The maximum atomic E-state index is 11.8. The number of nitrogen functional groups attached to an aromatic ring is 1. The van der Waals surface area contributed by atoms with Crippen molar-refractivity contribution in [1.82, 2.24) is 9.55 Å². The van der Waals surface area contributed by atoms with Crippen LogP contribution in [-0.4, -0.2) is 56.5 Å². The molecule has 0 aromatic carbocycles. The number of nitrogens with one attached hydrogen (secondary N) is 1. The van der Waals surface area contributed by atoms with E-state index >= 15 is 0 Å². The summed E-state index contributed by atoms with van der Waals surface area (Å²) in [5.41, 5.74) is 3.99. The number of nitrogens with zero attached hydrogens (tertiary/aromatic N) is 3. The lowest BCUT2D eigenvalue weighted by Crippen LogP contribution is -2.44. The number of aliphatic imine (C=N–C) groups is 1. The fourth-order valence-corrected chi connectivity index (χ4v) is 3.52. The van der Waals surface area contributed by atoms with E-state index in [1.807, 2.05) is 0 Å². The summed E-state index contributed by atoms with van der Waals surface area (Å²) < 4.78 is 12.3. The van der Waals surface area contributed by atoms with Gasteiger partial charge in [0, 0.05) is 30.3 Å². The summed E-state index contributed by atoms with van der Waals surface area (Å²) in [6.45, 7) is 2.44. The minimum absolute atomic E-state index is 0.187. The lowest BCUT2D eigenvalue weighted by molar-refractivity contribution is -0.147. The van der Waals surface area contributed by atoms with E-state index in [0.717, 1.165) is 0 Å². The predicted octanol–water partition coefficient (Wildman–Crippen LogP) is -0.364. The van der Waals surface area contributed by atoms with Gasteiger partial charge in [-0.15, -0.1) is 0 Å². The van der Waals surface area contributed by atoms with Gasteiger partial charge in [-0.3, -0.25) is 9.59 Å². The van der Waals surface area contributed by atoms with E-state index in [-0.39, 0.29) is 18.1 Å². The van der Waals surface area contributed by atoms with E-state index in [9.17, 15) is 19.8 Å². The molecule has 1 fully saturated rings. The zero-order valence-corrected chi connectivity index (χ0v) is 15.1. The van der Waals surface area contributed by atoms with Gasteiger partial charge in [-0.25, -0.2) is 4.99 Å². The highest BCUT2D eigenvalue weighted by atomic mass is 16.6. The largest absolute Gasteiger partial charge is 0.463 e. The Balaban J connectivity index is 1.84. The molecule has 11 heteroatoms. The van der Waals surface area contributed by atoms with Crippen LogP contribution in [0.1, 0.15) is 20.1 Å². The predicted molar refractivity (Wildman–Crippen MR) is 99.4 cm³/mol. The first-order chi connectivity index (χ1) is 13.2. The van der Waals surface area contributed by atoms with Gasteiger partial charge in [0.15, 0.2) is 6.23 Å². The Hall–Kier alpha value is -3.02. The number of hydrogen-bond acceptors (Lipinski definition) is 10. The standard InChI is InChI=1S/C17H19N5O6/c1-7(23)27-5-10-13(25)17(2,26)16(28-10)22-4-8-9(18)3-11(24)21-14-12(8)15(22)20-6-19-14/h3-4,6,10,13,16,25-26H,5,18H2,1-2H3,(H,19,20,21,24)/t10-,13-,16-,17+/m1/s1. The Morgan fingerprint density at radius 2 is 2.29 bits per heavy atom. The number of anilines is 2. The van der Waals surface area contributed by atoms with Gasteiger partial charge in [-0.05, 0) is 6.92 Å². The maximum absolute atomic E-state index is 11.8. The highest BCUT2D eigenvalue weighted by Gasteiger charge is 2.54. The van der Waals surface area contributed by atoms with Crippen LogP contribution in [0.4, 0.5) is 17.3 Å². The Morgan fingerprint density at radius 1 is 1.54 bits per heavy atom. The summed E-state index contributed by atoms with van der Waals surface area (Å²) in [4.78, 5) is 31.1. The monoisotopic (exact) mass is 389 g/mol. The molecule has 0 bridgehead atoms. The molecule has 2 aliphatic heterocycles. The van der Waals surface area contributed by atoms with E-state index < -0.39 is 35.6 Å². The van der Waals surface area contributed by atoms with Crippen LogP contribution in [-0.2, 0) is 14.3 Å². The number of carbonyl (C=O) groups is 1. The van der Waals surface area contributed by atoms with Gasteiger partial charge >= 0.3 is 5.97 Å². The van der Waals surface area contributed by atoms with Crippen molar-refractivity contribution in [2.24, 2.45) is 4.99 Å². The number of rotatable bonds is 3. The summed E-state index contributed by atoms with van der Waals surface area (Å²) in [5.74, 6) is 0.0973. The molecule has 5 N–H and O–H groups in total. The van der Waals surface area contributed by atoms with Crippen LogP contribution in [0.25, 0.3) is 10.8 Å². The molecule has 0 amide bonds. The van der Waals surface area contributed by atoms with Crippen molar-refractivity contribution in [2.75, 3.05) is 17.7 Å². The lowest BCUT2D eigenvalue weighted by atomic mass is 9.96. The molecule has 2 aromatic rings. The molecule has 2 aromatic heterocycles. The van der Waals surface area contributed by atoms with Gasteiger partial charge < -0.3 is 35.3 Å². The van der Waals surface area contributed by atoms with E-state index in [1.165, 1.54) is 30.8 Å². The molecule has 0 spiro atoms. The smallest absolute Gasteiger partial charge is 0.302 e. The average Bonchev–Trinajstić information content (AvgIpc) is 3.06. The van der Waals surface area contributed by atoms with Crippen LogP contribution < -0.4 is 16.6 Å². The fraction of sp³-hybridized carbons (Fsp3) is 0.412. The van der Waals surface area contributed by atoms with Crippen LogP contribution in [0, 0.1) is 0 Å². The van der Waals surface area contributed by atoms with Gasteiger partial charge in [0.25, 0.3) is 5.56 Å². The van der Waals surface area contributed by atoms with Crippen molar-refractivity contribution >= 4 is 40.4 Å². The van der Waals surface area contributed by atoms with Crippen molar-refractivity contribution < 1.29 is 24.5 Å². The number of hydrogen-bond donors (Lipinski definition) is 4. The molecule has 2 aliphatic rings. The second-order valence-electron chi connectivity index (χ2n) is 6.95. The summed E-state index contributed by atoms with van der Waals surface area (Å²) >= 11 is 0. The minimum atomic E-state index is -1.72. The molecule has 1 saturated heterocycles. The highest BCUT2D eigenvalue weighted by Crippen LogP contribution is 2.45. The number of carbonyl (C=O) groups excluding carboxylic acids is 1. The van der Waals surface area contributed by atoms with Crippen molar-refractivity contribution in [3.05, 3.63) is 22.6 Å². The van der Waals surface area contributed by atoms with Crippen LogP contribution >= 0.6 is 0 Å². The molecule has 0 unspecified atom stereocenters. The molecule has 4 atom stereocenters. The minimum Gasteiger partial charge on any atom is -0.463 e. The lowest BCUT2D eigenvalue weighted by Gasteiger charge is -2.28. The van der Waals surface area contributed by atoms with Gasteiger partial charge in [-0.1, -0.05) is 0 Å². The molecule has 4 rings (SSSR count). The van der Waals surface area contributed by atoms with Crippen molar-refractivity contribution in [1.29, 1.82) is 0 Å². The molecule has 148 valence electrons. The van der Waals surface area contributed by atoms with Crippen LogP contribution in [0.2, 0.25) is 0 Å². The summed E-state index contributed by atoms with van der Waals surface area (Å²) in [7, 11) is 0. The van der Waals surface area contributed by atoms with Gasteiger partial charge in [0.2, 0.25) is 0 Å². The summed E-state index contributed by atoms with van der Waals surface area (Å²) in [6, 6.07) is 1.19. The van der Waals surface area contributed by atoms with Crippen LogP contribution in [0.3, 0.4) is 0 Å². The van der Waals surface area contributed by atoms with Crippen LogP contribution in [0.5, 0.6) is 0 Å². The first-order valence-corrected chi connectivity index (χ1v) is 8.54. The molecular weight excluding hydrogens is 370 g/mol. The Labute approximate surface area is 158 Å². The van der Waals surface area contributed by atoms with Crippen molar-refractivity contribution in [3.8, 4) is 0 Å². The SMILES string of the molecule is CC(=O)OC[C@H]1O[C@@H](n2cc3c(N)cc(=O)nc4c3c2N=CN4)[C@@](C)(O)[C@@H]1O. The van der Waals surface area contributed by atoms with Crippen molar-refractivity contribution in [3.63, 3.8) is 0 Å². The van der Waals surface area contributed by atoms with E-state index in [2.05, 4.69) is 15.3 Å². The Kier molecular flexibility index (Phi) is 4.10. The first-order valence-electron chi connectivity index (χ1n) is 8.54. The molecule has 11 nitrogen and oxygen atoms in total.